The van der Waals surface area contributed by atoms with E-state index in [-0.39, 0.29) is 12.4 Å². The maximum atomic E-state index is 12.3. The first-order valence-corrected chi connectivity index (χ1v) is 6.37. The Labute approximate surface area is 115 Å². The van der Waals surface area contributed by atoms with Crippen molar-refractivity contribution < 1.29 is 13.9 Å². The van der Waals surface area contributed by atoms with E-state index in [2.05, 4.69) is 6.58 Å². The first-order valence-electron chi connectivity index (χ1n) is 6.37. The topological polar surface area (TPSA) is 56.5 Å². The van der Waals surface area contributed by atoms with Crippen LogP contribution >= 0.6 is 0 Å². The molecule has 2 aromatic rings. The maximum absolute atomic E-state index is 12.3. The van der Waals surface area contributed by atoms with E-state index < -0.39 is 11.0 Å². The molecule has 0 bridgehead atoms. The van der Waals surface area contributed by atoms with Crippen molar-refractivity contribution >= 4 is 16.9 Å². The van der Waals surface area contributed by atoms with Gasteiger partial charge in [0.15, 0.2) is 5.75 Å². The highest BCUT2D eigenvalue weighted by Crippen LogP contribution is 2.42. The van der Waals surface area contributed by atoms with Crippen molar-refractivity contribution in [3.8, 4) is 5.75 Å². The average Bonchev–Trinajstić information content (AvgIpc) is 2.37. The predicted molar refractivity (Wildman–Crippen MR) is 75.0 cm³/mol. The van der Waals surface area contributed by atoms with Crippen LogP contribution in [0.5, 0.6) is 5.75 Å². The minimum Gasteiger partial charge on any atom is -0.425 e. The fourth-order valence-corrected chi connectivity index (χ4v) is 2.69. The van der Waals surface area contributed by atoms with Gasteiger partial charge in [0.05, 0.1) is 17.4 Å². The first kappa shape index (κ1) is 12.7. The number of ether oxygens (including phenoxy) is 1. The number of rotatable bonds is 1. The fourth-order valence-electron chi connectivity index (χ4n) is 2.69. The van der Waals surface area contributed by atoms with Crippen molar-refractivity contribution in [3.05, 3.63) is 52.4 Å². The molecule has 0 saturated carbocycles. The number of carbonyl (C=O) groups is 1. The lowest BCUT2D eigenvalue weighted by Crippen LogP contribution is -2.36. The molecule has 4 nitrogen and oxygen atoms in total. The van der Waals surface area contributed by atoms with Crippen molar-refractivity contribution in [2.75, 3.05) is 0 Å². The van der Waals surface area contributed by atoms with Gasteiger partial charge in [-0.15, -0.1) is 6.58 Å². The van der Waals surface area contributed by atoms with E-state index in [0.29, 0.717) is 22.3 Å². The second kappa shape index (κ2) is 4.07. The molecule has 0 radical (unpaired) electrons. The van der Waals surface area contributed by atoms with Gasteiger partial charge in [0.1, 0.15) is 5.58 Å². The van der Waals surface area contributed by atoms with E-state index in [1.807, 2.05) is 13.0 Å². The predicted octanol–water partition coefficient (Wildman–Crippen LogP) is 2.85. The van der Waals surface area contributed by atoms with Gasteiger partial charge in [0.2, 0.25) is 0 Å². The van der Waals surface area contributed by atoms with E-state index >= 15 is 0 Å². The number of hydrogen-bond donors (Lipinski definition) is 0. The lowest BCUT2D eigenvalue weighted by Gasteiger charge is -2.30. The van der Waals surface area contributed by atoms with Crippen LogP contribution in [0.25, 0.3) is 11.0 Å². The third-order valence-corrected chi connectivity index (χ3v) is 3.84. The van der Waals surface area contributed by atoms with Gasteiger partial charge in [0.25, 0.3) is 0 Å². The minimum absolute atomic E-state index is 0.0889. The molecule has 1 aromatic heterocycles. The van der Waals surface area contributed by atoms with Crippen LogP contribution in [-0.2, 0) is 10.2 Å². The molecule has 1 aromatic carbocycles. The highest BCUT2D eigenvalue weighted by molar-refractivity contribution is 5.92. The molecule has 0 fully saturated rings. The van der Waals surface area contributed by atoms with Crippen molar-refractivity contribution in [1.82, 2.24) is 0 Å². The van der Waals surface area contributed by atoms with E-state index in [9.17, 15) is 9.59 Å². The summed E-state index contributed by atoms with van der Waals surface area (Å²) in [5, 5.41) is 0.670. The molecule has 1 atom stereocenters. The second-order valence-corrected chi connectivity index (χ2v) is 5.31. The summed E-state index contributed by atoms with van der Waals surface area (Å²) >= 11 is 0. The highest BCUT2D eigenvalue weighted by atomic mass is 16.5. The molecular weight excluding hydrogens is 256 g/mol. The van der Waals surface area contributed by atoms with Gasteiger partial charge in [-0.05, 0) is 18.6 Å². The second-order valence-electron chi connectivity index (χ2n) is 5.31. The third-order valence-electron chi connectivity index (χ3n) is 3.84. The molecule has 1 unspecified atom stereocenters. The summed E-state index contributed by atoms with van der Waals surface area (Å²) in [5.74, 6) is -0.0527. The van der Waals surface area contributed by atoms with Crippen molar-refractivity contribution in [3.63, 3.8) is 0 Å². The van der Waals surface area contributed by atoms with Gasteiger partial charge >= 0.3 is 11.6 Å². The van der Waals surface area contributed by atoms with Gasteiger partial charge in [-0.2, -0.15) is 0 Å². The Bertz CT molecular complexity index is 800. The molecule has 102 valence electrons. The van der Waals surface area contributed by atoms with Crippen LogP contribution < -0.4 is 10.4 Å². The zero-order valence-electron chi connectivity index (χ0n) is 11.4. The lowest BCUT2D eigenvalue weighted by atomic mass is 9.78. The minimum atomic E-state index is -0.762. The zero-order valence-corrected chi connectivity index (χ0v) is 11.4. The number of aryl methyl sites for hydroxylation is 1. The van der Waals surface area contributed by atoms with Gasteiger partial charge in [-0.3, -0.25) is 4.79 Å². The Hall–Kier alpha value is -2.36. The number of esters is 1. The van der Waals surface area contributed by atoms with Crippen LogP contribution in [0.3, 0.4) is 0 Å². The molecule has 0 aliphatic carbocycles. The SMILES string of the molecule is C=CC1(C)CC(=O)Oc2c1c(=O)oc1cccc(C)c21. The van der Waals surface area contributed by atoms with Gasteiger partial charge < -0.3 is 9.15 Å². The maximum Gasteiger partial charge on any atom is 0.344 e. The van der Waals surface area contributed by atoms with E-state index in [1.165, 1.54) is 0 Å². The van der Waals surface area contributed by atoms with Crippen LogP contribution in [0, 0.1) is 6.92 Å². The Balaban J connectivity index is 2.52. The largest absolute Gasteiger partial charge is 0.425 e. The van der Waals surface area contributed by atoms with Gasteiger partial charge in [-0.25, -0.2) is 4.79 Å². The number of carbonyl (C=O) groups excluding carboxylic acids is 1. The monoisotopic (exact) mass is 270 g/mol. The molecule has 4 heteroatoms. The standard InChI is InChI=1S/C16H14O4/c1-4-16(3)8-11(17)20-14-12-9(2)6-5-7-10(12)19-15(18)13(14)16/h4-7H,1,8H2,2-3H3. The number of hydrogen-bond acceptors (Lipinski definition) is 4. The molecule has 1 aliphatic heterocycles. The summed E-state index contributed by atoms with van der Waals surface area (Å²) in [6.45, 7) is 7.42. The molecule has 20 heavy (non-hydrogen) atoms. The summed E-state index contributed by atoms with van der Waals surface area (Å²) in [6.07, 6.45) is 1.69. The summed E-state index contributed by atoms with van der Waals surface area (Å²) in [7, 11) is 0. The Kier molecular flexibility index (Phi) is 2.57. The molecule has 3 rings (SSSR count). The van der Waals surface area contributed by atoms with Crippen LogP contribution in [-0.4, -0.2) is 5.97 Å². The smallest absolute Gasteiger partial charge is 0.344 e. The Morgan fingerprint density at radius 2 is 2.10 bits per heavy atom. The van der Waals surface area contributed by atoms with E-state index in [0.717, 1.165) is 5.56 Å². The molecule has 0 amide bonds. The number of benzene rings is 1. The number of allylic oxidation sites excluding steroid dienone is 1. The molecule has 1 aliphatic rings. The van der Waals surface area contributed by atoms with Crippen molar-refractivity contribution in [2.45, 2.75) is 25.7 Å². The normalized spacial score (nSPS) is 21.4. The van der Waals surface area contributed by atoms with E-state index in [4.69, 9.17) is 9.15 Å². The Morgan fingerprint density at radius 1 is 1.35 bits per heavy atom. The van der Waals surface area contributed by atoms with Crippen LogP contribution in [0.1, 0.15) is 24.5 Å². The average molecular weight is 270 g/mol. The molecule has 0 N–H and O–H groups in total. The highest BCUT2D eigenvalue weighted by Gasteiger charge is 2.40. The summed E-state index contributed by atoms with van der Waals surface area (Å²) in [5.41, 5.74) is 0.446. The quantitative estimate of drug-likeness (QED) is 0.454. The van der Waals surface area contributed by atoms with Gasteiger partial charge in [0, 0.05) is 5.41 Å². The fraction of sp³-hybridized carbons (Fsp3) is 0.250. The summed E-state index contributed by atoms with van der Waals surface area (Å²) in [6, 6.07) is 5.37. The van der Waals surface area contributed by atoms with Crippen molar-refractivity contribution in [2.24, 2.45) is 0 Å². The molecular formula is C16H14O4. The lowest BCUT2D eigenvalue weighted by molar-refractivity contribution is -0.136. The molecule has 0 spiro atoms. The summed E-state index contributed by atoms with van der Waals surface area (Å²) in [4.78, 5) is 24.1. The number of fused-ring (bicyclic) bond motifs is 3. The van der Waals surface area contributed by atoms with Crippen molar-refractivity contribution in [1.29, 1.82) is 0 Å². The van der Waals surface area contributed by atoms with Gasteiger partial charge in [-0.1, -0.05) is 25.1 Å². The summed E-state index contributed by atoms with van der Waals surface area (Å²) < 4.78 is 10.7. The zero-order chi connectivity index (χ0) is 14.5. The first-order chi connectivity index (χ1) is 9.46. The van der Waals surface area contributed by atoms with Crippen LogP contribution in [0.15, 0.2) is 40.1 Å². The van der Waals surface area contributed by atoms with Crippen LogP contribution in [0.2, 0.25) is 0 Å². The third kappa shape index (κ3) is 1.61. The Morgan fingerprint density at radius 3 is 2.80 bits per heavy atom. The van der Waals surface area contributed by atoms with E-state index in [1.54, 1.807) is 25.1 Å². The molecule has 2 heterocycles. The van der Waals surface area contributed by atoms with Crippen LogP contribution in [0.4, 0.5) is 0 Å². The molecule has 0 saturated heterocycles.